The fourth-order valence-corrected chi connectivity index (χ4v) is 3.49. The Morgan fingerprint density at radius 1 is 1.44 bits per heavy atom. The van der Waals surface area contributed by atoms with Crippen LogP contribution in [0.1, 0.15) is 20.3 Å². The van der Waals surface area contributed by atoms with Gasteiger partial charge in [-0.2, -0.15) is 4.98 Å². The van der Waals surface area contributed by atoms with Crippen LogP contribution in [0.5, 0.6) is 0 Å². The van der Waals surface area contributed by atoms with Crippen molar-refractivity contribution in [1.29, 1.82) is 0 Å². The summed E-state index contributed by atoms with van der Waals surface area (Å²) in [6, 6.07) is 0.284. The molecule has 0 radical (unpaired) electrons. The number of halogens is 2. The minimum Gasteiger partial charge on any atom is -0.377 e. The summed E-state index contributed by atoms with van der Waals surface area (Å²) in [7, 11) is 0. The zero-order chi connectivity index (χ0) is 18.2. The van der Waals surface area contributed by atoms with Gasteiger partial charge in [0, 0.05) is 26.1 Å². The predicted octanol–water partition coefficient (Wildman–Crippen LogP) is 0.901. The third kappa shape index (κ3) is 3.37. The molecule has 1 fully saturated rings. The zero-order valence-electron chi connectivity index (χ0n) is 14.3. The Bertz CT molecular complexity index is 704. The average molecular weight is 356 g/mol. The van der Waals surface area contributed by atoms with Gasteiger partial charge in [-0.3, -0.25) is 9.36 Å². The molecule has 2 aliphatic rings. The maximum atomic E-state index is 14.0. The van der Waals surface area contributed by atoms with Crippen LogP contribution in [0.3, 0.4) is 0 Å². The van der Waals surface area contributed by atoms with E-state index < -0.39 is 12.0 Å². The quantitative estimate of drug-likeness (QED) is 0.747. The van der Waals surface area contributed by atoms with Gasteiger partial charge in [-0.05, 0) is 13.3 Å². The van der Waals surface area contributed by atoms with Crippen LogP contribution in [0.15, 0.2) is 10.9 Å². The van der Waals surface area contributed by atoms with Crippen molar-refractivity contribution in [2.24, 2.45) is 0 Å². The molecule has 0 spiro atoms. The summed E-state index contributed by atoms with van der Waals surface area (Å²) in [4.78, 5) is 31.2. The van der Waals surface area contributed by atoms with E-state index in [2.05, 4.69) is 4.98 Å². The lowest BCUT2D eigenvalue weighted by Gasteiger charge is -2.41. The Kier molecular flexibility index (Phi) is 4.77. The summed E-state index contributed by atoms with van der Waals surface area (Å²) in [5.74, 6) is -2.44. The van der Waals surface area contributed by atoms with Crippen LogP contribution < -0.4 is 15.4 Å². The van der Waals surface area contributed by atoms with Crippen molar-refractivity contribution in [1.82, 2.24) is 9.55 Å². The lowest BCUT2D eigenvalue weighted by molar-refractivity contribution is -0.107. The van der Waals surface area contributed by atoms with E-state index in [9.17, 15) is 18.4 Å². The topological polar surface area (TPSA) is 67.7 Å². The fraction of sp³-hybridized carbons (Fsp3) is 0.688. The van der Waals surface area contributed by atoms with Gasteiger partial charge in [0.2, 0.25) is 5.95 Å². The number of ether oxygens (including phenoxy) is 1. The molecule has 0 saturated carbocycles. The van der Waals surface area contributed by atoms with E-state index in [1.165, 1.54) is 15.5 Å². The molecule has 0 N–H and O–H groups in total. The second-order valence-electron chi connectivity index (χ2n) is 6.60. The predicted molar refractivity (Wildman–Crippen MR) is 88.6 cm³/mol. The molecule has 0 aliphatic carbocycles. The van der Waals surface area contributed by atoms with Gasteiger partial charge in [-0.15, -0.1) is 0 Å². The minimum atomic E-state index is -3.01. The molecule has 1 aromatic heterocycles. The Balaban J connectivity index is 2.05. The highest BCUT2D eigenvalue weighted by Crippen LogP contribution is 2.32. The summed E-state index contributed by atoms with van der Waals surface area (Å²) >= 11 is 0. The first-order valence-corrected chi connectivity index (χ1v) is 8.37. The molecule has 0 unspecified atom stereocenters. The number of hydrogen-bond donors (Lipinski definition) is 0. The number of fused-ring (bicyclic) bond motifs is 1. The number of alkyl halides is 2. The number of anilines is 2. The third-order valence-electron chi connectivity index (χ3n) is 4.75. The Morgan fingerprint density at radius 2 is 2.20 bits per heavy atom. The van der Waals surface area contributed by atoms with Crippen LogP contribution in [0.2, 0.25) is 0 Å². The summed E-state index contributed by atoms with van der Waals surface area (Å²) in [5, 5.41) is 0. The molecule has 9 heteroatoms. The van der Waals surface area contributed by atoms with Gasteiger partial charge < -0.3 is 19.3 Å². The van der Waals surface area contributed by atoms with Crippen molar-refractivity contribution in [2.75, 3.05) is 36.1 Å². The summed E-state index contributed by atoms with van der Waals surface area (Å²) in [5.41, 5.74) is -0.299. The number of rotatable bonds is 4. The second-order valence-corrected chi connectivity index (χ2v) is 6.60. The normalized spacial score (nSPS) is 24.2. The second kappa shape index (κ2) is 6.70. The number of aromatic nitrogens is 2. The number of aldehydes is 1. The molecule has 2 aliphatic heterocycles. The van der Waals surface area contributed by atoms with E-state index in [-0.39, 0.29) is 37.1 Å². The van der Waals surface area contributed by atoms with Crippen LogP contribution in [-0.4, -0.2) is 60.1 Å². The van der Waals surface area contributed by atoms with Crippen LogP contribution in [0.25, 0.3) is 0 Å². The molecule has 2 atom stereocenters. The van der Waals surface area contributed by atoms with Crippen LogP contribution in [-0.2, 0) is 16.1 Å². The molecule has 0 amide bonds. The van der Waals surface area contributed by atoms with Crippen LogP contribution in [0.4, 0.5) is 20.5 Å². The summed E-state index contributed by atoms with van der Waals surface area (Å²) in [6.45, 7) is 4.29. The highest BCUT2D eigenvalue weighted by Gasteiger charge is 2.42. The Hall–Kier alpha value is -2.03. The van der Waals surface area contributed by atoms with Crippen molar-refractivity contribution < 1.29 is 18.3 Å². The number of carbonyl (C=O) groups excluding carboxylic acids is 1. The SMILES string of the molecule is C[C@@H]1COCCN1c1cc(=O)n2c(n1)N(CC=O)[C@H](C(C)(F)F)CC2. The van der Waals surface area contributed by atoms with Crippen molar-refractivity contribution >= 4 is 18.1 Å². The standard InChI is InChI=1S/C16H22F2N4O3/c1-11-10-25-8-6-20(11)13-9-14(24)22-4-3-12(16(2,17)18)21(5-7-23)15(22)19-13/h7,9,11-12H,3-6,8,10H2,1-2H3/t11-,12+/m1/s1. The fourth-order valence-electron chi connectivity index (χ4n) is 3.49. The van der Waals surface area contributed by atoms with Gasteiger partial charge in [0.1, 0.15) is 12.1 Å². The largest absolute Gasteiger partial charge is 0.377 e. The number of hydrogen-bond acceptors (Lipinski definition) is 6. The van der Waals surface area contributed by atoms with Crippen molar-refractivity contribution in [3.05, 3.63) is 16.4 Å². The van der Waals surface area contributed by atoms with Gasteiger partial charge >= 0.3 is 0 Å². The van der Waals surface area contributed by atoms with E-state index in [1.807, 2.05) is 11.8 Å². The molecule has 138 valence electrons. The van der Waals surface area contributed by atoms with Gasteiger partial charge in [-0.25, -0.2) is 8.78 Å². The maximum Gasteiger partial charge on any atom is 0.265 e. The van der Waals surface area contributed by atoms with Gasteiger partial charge in [0.15, 0.2) is 0 Å². The van der Waals surface area contributed by atoms with Crippen molar-refractivity contribution in [2.45, 2.75) is 44.8 Å². The molecule has 3 heterocycles. The first kappa shape index (κ1) is 17.8. The zero-order valence-corrected chi connectivity index (χ0v) is 14.3. The van der Waals surface area contributed by atoms with Gasteiger partial charge in [0.05, 0.1) is 31.8 Å². The highest BCUT2D eigenvalue weighted by molar-refractivity contribution is 5.60. The lowest BCUT2D eigenvalue weighted by Crippen LogP contribution is -2.54. The summed E-state index contributed by atoms with van der Waals surface area (Å²) in [6.07, 6.45) is 0.643. The number of morpholine rings is 1. The molecule has 0 aromatic carbocycles. The molecule has 1 aromatic rings. The monoisotopic (exact) mass is 356 g/mol. The average Bonchev–Trinajstić information content (AvgIpc) is 2.55. The maximum absolute atomic E-state index is 14.0. The Morgan fingerprint density at radius 3 is 2.84 bits per heavy atom. The van der Waals surface area contributed by atoms with Crippen molar-refractivity contribution in [3.8, 4) is 0 Å². The van der Waals surface area contributed by atoms with Crippen molar-refractivity contribution in [3.63, 3.8) is 0 Å². The highest BCUT2D eigenvalue weighted by atomic mass is 19.3. The van der Waals surface area contributed by atoms with Crippen LogP contribution >= 0.6 is 0 Å². The van der Waals surface area contributed by atoms with Gasteiger partial charge in [-0.1, -0.05) is 0 Å². The smallest absolute Gasteiger partial charge is 0.265 e. The first-order chi connectivity index (χ1) is 11.8. The molecule has 0 bridgehead atoms. The number of carbonyl (C=O) groups is 1. The molecular formula is C16H22F2N4O3. The first-order valence-electron chi connectivity index (χ1n) is 8.37. The molecule has 3 rings (SSSR count). The van der Waals surface area contributed by atoms with E-state index in [0.29, 0.717) is 31.9 Å². The third-order valence-corrected chi connectivity index (χ3v) is 4.75. The molecule has 7 nitrogen and oxygen atoms in total. The molecule has 25 heavy (non-hydrogen) atoms. The van der Waals surface area contributed by atoms with Gasteiger partial charge in [0.25, 0.3) is 11.5 Å². The summed E-state index contributed by atoms with van der Waals surface area (Å²) < 4.78 is 34.7. The van der Waals surface area contributed by atoms with E-state index >= 15 is 0 Å². The molecular weight excluding hydrogens is 334 g/mol. The minimum absolute atomic E-state index is 0.0234. The van der Waals surface area contributed by atoms with E-state index in [4.69, 9.17) is 4.74 Å². The Labute approximate surface area is 144 Å². The van der Waals surface area contributed by atoms with Crippen LogP contribution in [0, 0.1) is 0 Å². The lowest BCUT2D eigenvalue weighted by atomic mass is 10.0. The number of nitrogens with zero attached hydrogens (tertiary/aromatic N) is 4. The van der Waals surface area contributed by atoms with E-state index in [1.54, 1.807) is 0 Å². The van der Waals surface area contributed by atoms with E-state index in [0.717, 1.165) is 6.92 Å². The molecule has 1 saturated heterocycles.